The van der Waals surface area contributed by atoms with E-state index in [4.69, 9.17) is 11.6 Å². The Balaban J connectivity index is 1.24. The van der Waals surface area contributed by atoms with Crippen LogP contribution in [0.1, 0.15) is 28.9 Å². The Morgan fingerprint density at radius 1 is 1.03 bits per heavy atom. The molecule has 158 valence electrons. The number of rotatable bonds is 6. The molecule has 1 N–H and O–H groups in total. The van der Waals surface area contributed by atoms with E-state index >= 15 is 0 Å². The van der Waals surface area contributed by atoms with Crippen molar-refractivity contribution >= 4 is 23.7 Å². The van der Waals surface area contributed by atoms with Crippen molar-refractivity contribution in [1.82, 2.24) is 15.3 Å². The Morgan fingerprint density at radius 2 is 1.77 bits per heavy atom. The van der Waals surface area contributed by atoms with Gasteiger partial charge in [0, 0.05) is 29.5 Å². The molecule has 1 aromatic heterocycles. The van der Waals surface area contributed by atoms with Gasteiger partial charge in [0.05, 0.1) is 0 Å². The van der Waals surface area contributed by atoms with Crippen LogP contribution < -0.4 is 5.43 Å². The quantitative estimate of drug-likeness (QED) is 0.439. The zero-order chi connectivity index (χ0) is 21.5. The van der Waals surface area contributed by atoms with Crippen LogP contribution in [0.3, 0.4) is 0 Å². The lowest BCUT2D eigenvalue weighted by molar-refractivity contribution is 0.0950. The first-order valence-corrected chi connectivity index (χ1v) is 10.9. The summed E-state index contributed by atoms with van der Waals surface area (Å²) in [5.41, 5.74) is 6.16. The molecule has 0 radical (unpaired) electrons. The first-order valence-electron chi connectivity index (χ1n) is 10.5. The van der Waals surface area contributed by atoms with Gasteiger partial charge in [-0.2, -0.15) is 5.10 Å². The van der Waals surface area contributed by atoms with E-state index in [0.717, 1.165) is 54.2 Å². The second-order valence-electron chi connectivity index (χ2n) is 7.72. The summed E-state index contributed by atoms with van der Waals surface area (Å²) in [6.07, 6.45) is 5.58. The summed E-state index contributed by atoms with van der Waals surface area (Å²) in [5, 5.41) is 4.99. The molecule has 0 spiro atoms. The molecule has 0 aliphatic carbocycles. The third kappa shape index (κ3) is 5.78. The van der Waals surface area contributed by atoms with E-state index in [1.165, 1.54) is 0 Å². The summed E-state index contributed by atoms with van der Waals surface area (Å²) in [6, 6.07) is 21.6. The highest BCUT2D eigenvalue weighted by Crippen LogP contribution is 2.21. The average Bonchev–Trinajstić information content (AvgIpc) is 2.82. The number of hydrogen-bond acceptors (Lipinski definition) is 4. The van der Waals surface area contributed by atoms with Gasteiger partial charge < -0.3 is 0 Å². The van der Waals surface area contributed by atoms with Crippen LogP contribution >= 0.6 is 11.6 Å². The van der Waals surface area contributed by atoms with Gasteiger partial charge in [-0.05, 0) is 55.1 Å². The molecule has 3 aromatic rings. The Morgan fingerprint density at radius 3 is 2.48 bits per heavy atom. The number of nitrogens with zero attached hydrogens (tertiary/aromatic N) is 3. The minimum Gasteiger partial charge on any atom is -0.299 e. The molecular formula is C25H25ClN4O. The lowest BCUT2D eigenvalue weighted by Gasteiger charge is -2.30. The fraction of sp³-hybridized carbons (Fsp3) is 0.240. The highest BCUT2D eigenvalue weighted by Gasteiger charge is 2.18. The summed E-state index contributed by atoms with van der Waals surface area (Å²) in [7, 11) is 0. The summed E-state index contributed by atoms with van der Waals surface area (Å²) in [5.74, 6) is 0.0585. The molecule has 0 unspecified atom stereocenters. The van der Waals surface area contributed by atoms with E-state index in [-0.39, 0.29) is 5.91 Å². The van der Waals surface area contributed by atoms with E-state index in [9.17, 15) is 4.79 Å². The number of pyridine rings is 1. The van der Waals surface area contributed by atoms with Gasteiger partial charge >= 0.3 is 0 Å². The van der Waals surface area contributed by atoms with Gasteiger partial charge in [-0.15, -0.1) is 0 Å². The first kappa shape index (κ1) is 21.2. The number of aromatic nitrogens is 1. The molecule has 1 aliphatic rings. The molecule has 5 nitrogen and oxygen atoms in total. The molecule has 2 heterocycles. The van der Waals surface area contributed by atoms with Crippen molar-refractivity contribution in [2.24, 2.45) is 11.0 Å². The zero-order valence-corrected chi connectivity index (χ0v) is 18.0. The lowest BCUT2D eigenvalue weighted by atomic mass is 9.98. The fourth-order valence-electron chi connectivity index (χ4n) is 3.72. The standard InChI is InChI=1S/C25H25ClN4O/c26-23-9-5-4-8-22(23)18-30-14-12-19(13-15-30)16-28-29-25(31)24-11-10-21(17-27-24)20-6-2-1-3-7-20/h1-11,16-17,19H,12-15,18H2,(H,29,31)/b28-16+. The Bertz CT molecular complexity index is 1030. The van der Waals surface area contributed by atoms with Crippen LogP contribution in [-0.4, -0.2) is 35.1 Å². The van der Waals surface area contributed by atoms with Crippen molar-refractivity contribution in [3.8, 4) is 11.1 Å². The normalized spacial score (nSPS) is 15.3. The van der Waals surface area contributed by atoms with Crippen LogP contribution in [0, 0.1) is 5.92 Å². The summed E-state index contributed by atoms with van der Waals surface area (Å²) >= 11 is 6.27. The van der Waals surface area contributed by atoms with Crippen molar-refractivity contribution in [1.29, 1.82) is 0 Å². The summed E-state index contributed by atoms with van der Waals surface area (Å²) in [4.78, 5) is 19.0. The minimum atomic E-state index is -0.299. The first-order chi connectivity index (χ1) is 15.2. The average molecular weight is 433 g/mol. The number of likely N-dealkylation sites (tertiary alicyclic amines) is 1. The summed E-state index contributed by atoms with van der Waals surface area (Å²) < 4.78 is 0. The van der Waals surface area contributed by atoms with Gasteiger partial charge in [-0.3, -0.25) is 14.7 Å². The Hall–Kier alpha value is -3.02. The van der Waals surface area contributed by atoms with E-state index < -0.39 is 0 Å². The molecule has 6 heteroatoms. The third-order valence-electron chi connectivity index (χ3n) is 5.54. The van der Waals surface area contributed by atoms with E-state index in [0.29, 0.717) is 11.6 Å². The molecule has 31 heavy (non-hydrogen) atoms. The van der Waals surface area contributed by atoms with Gasteiger partial charge in [0.25, 0.3) is 5.91 Å². The van der Waals surface area contributed by atoms with Crippen LogP contribution in [0.15, 0.2) is 78.0 Å². The van der Waals surface area contributed by atoms with Crippen molar-refractivity contribution in [2.75, 3.05) is 13.1 Å². The van der Waals surface area contributed by atoms with E-state index in [2.05, 4.69) is 26.5 Å². The van der Waals surface area contributed by atoms with Crippen molar-refractivity contribution in [3.05, 3.63) is 89.2 Å². The van der Waals surface area contributed by atoms with Crippen LogP contribution in [0.25, 0.3) is 11.1 Å². The number of benzene rings is 2. The maximum atomic E-state index is 12.3. The highest BCUT2D eigenvalue weighted by atomic mass is 35.5. The maximum absolute atomic E-state index is 12.3. The topological polar surface area (TPSA) is 57.6 Å². The number of carbonyl (C=O) groups is 1. The van der Waals surface area contributed by atoms with E-state index in [1.807, 2.05) is 60.8 Å². The van der Waals surface area contributed by atoms with Gasteiger partial charge in [0.2, 0.25) is 0 Å². The number of hydrazone groups is 1. The molecule has 4 rings (SSSR count). The Labute approximate surface area is 187 Å². The van der Waals surface area contributed by atoms with Gasteiger partial charge in [0.15, 0.2) is 0 Å². The van der Waals surface area contributed by atoms with Crippen molar-refractivity contribution in [2.45, 2.75) is 19.4 Å². The van der Waals surface area contributed by atoms with Crippen LogP contribution in [0.5, 0.6) is 0 Å². The van der Waals surface area contributed by atoms with Crippen LogP contribution in [0.2, 0.25) is 5.02 Å². The number of hydrogen-bond donors (Lipinski definition) is 1. The highest BCUT2D eigenvalue weighted by molar-refractivity contribution is 6.31. The molecule has 1 amide bonds. The molecule has 1 fully saturated rings. The SMILES string of the molecule is O=C(N/N=C/C1CCN(Cc2ccccc2Cl)CC1)c1ccc(-c2ccccc2)cn1. The number of piperidine rings is 1. The number of carbonyl (C=O) groups excluding carboxylic acids is 1. The second kappa shape index (κ2) is 10.3. The van der Waals surface area contributed by atoms with Gasteiger partial charge in [-0.25, -0.2) is 5.43 Å². The number of halogens is 1. The second-order valence-corrected chi connectivity index (χ2v) is 8.13. The fourth-order valence-corrected chi connectivity index (χ4v) is 3.91. The summed E-state index contributed by atoms with van der Waals surface area (Å²) in [6.45, 7) is 2.83. The predicted octanol–water partition coefficient (Wildman–Crippen LogP) is 5.03. The largest absolute Gasteiger partial charge is 0.299 e. The molecule has 0 atom stereocenters. The van der Waals surface area contributed by atoms with Gasteiger partial charge in [-0.1, -0.05) is 66.2 Å². The monoisotopic (exact) mass is 432 g/mol. The Kier molecular flexibility index (Phi) is 7.07. The minimum absolute atomic E-state index is 0.299. The van der Waals surface area contributed by atoms with Crippen molar-refractivity contribution < 1.29 is 4.79 Å². The molecule has 2 aromatic carbocycles. The third-order valence-corrected chi connectivity index (χ3v) is 5.91. The van der Waals surface area contributed by atoms with Crippen molar-refractivity contribution in [3.63, 3.8) is 0 Å². The maximum Gasteiger partial charge on any atom is 0.289 e. The van der Waals surface area contributed by atoms with Crippen LogP contribution in [-0.2, 0) is 6.54 Å². The van der Waals surface area contributed by atoms with Crippen LogP contribution in [0.4, 0.5) is 0 Å². The lowest BCUT2D eigenvalue weighted by Crippen LogP contribution is -2.34. The molecule has 0 saturated carbocycles. The molecule has 1 saturated heterocycles. The molecule has 0 bridgehead atoms. The molecular weight excluding hydrogens is 408 g/mol. The number of amides is 1. The van der Waals surface area contributed by atoms with E-state index in [1.54, 1.807) is 12.3 Å². The zero-order valence-electron chi connectivity index (χ0n) is 17.2. The predicted molar refractivity (Wildman–Crippen MR) is 125 cm³/mol. The number of nitrogens with one attached hydrogen (secondary N) is 1. The smallest absolute Gasteiger partial charge is 0.289 e. The van der Waals surface area contributed by atoms with Gasteiger partial charge in [0.1, 0.15) is 5.69 Å². The molecule has 1 aliphatic heterocycles.